The quantitative estimate of drug-likeness (QED) is 0.905. The SMILES string of the molecule is CNC(=O)c1cc(C(=O)NC(C)(C)C)n(C(C)c2ccccc2)n1. The van der Waals surface area contributed by atoms with Crippen LogP contribution in [0.3, 0.4) is 0 Å². The average Bonchev–Trinajstić information content (AvgIpc) is 2.98. The molecule has 0 aliphatic rings. The second-order valence-electron chi connectivity index (χ2n) is 6.73. The van der Waals surface area contributed by atoms with E-state index in [2.05, 4.69) is 15.7 Å². The van der Waals surface area contributed by atoms with Crippen molar-refractivity contribution >= 4 is 11.8 Å². The second kappa shape index (κ2) is 6.86. The molecule has 0 saturated carbocycles. The molecule has 6 nitrogen and oxygen atoms in total. The van der Waals surface area contributed by atoms with Crippen LogP contribution in [-0.4, -0.2) is 34.2 Å². The summed E-state index contributed by atoms with van der Waals surface area (Å²) in [5.74, 6) is -0.577. The highest BCUT2D eigenvalue weighted by molar-refractivity contribution is 5.98. The predicted molar refractivity (Wildman–Crippen MR) is 93.1 cm³/mol. The first-order valence-corrected chi connectivity index (χ1v) is 7.92. The first-order valence-electron chi connectivity index (χ1n) is 7.92. The maximum absolute atomic E-state index is 12.6. The molecule has 0 bridgehead atoms. The van der Waals surface area contributed by atoms with Crippen LogP contribution >= 0.6 is 0 Å². The Kier molecular flexibility index (Phi) is 5.07. The third kappa shape index (κ3) is 4.01. The highest BCUT2D eigenvalue weighted by atomic mass is 16.2. The molecule has 1 atom stereocenters. The number of nitrogens with one attached hydrogen (secondary N) is 2. The molecule has 1 unspecified atom stereocenters. The van der Waals surface area contributed by atoms with E-state index in [0.29, 0.717) is 5.69 Å². The summed E-state index contributed by atoms with van der Waals surface area (Å²) in [6, 6.07) is 11.1. The summed E-state index contributed by atoms with van der Waals surface area (Å²) in [5.41, 5.74) is 1.21. The van der Waals surface area contributed by atoms with E-state index in [1.807, 2.05) is 58.0 Å². The van der Waals surface area contributed by atoms with Gasteiger partial charge in [0, 0.05) is 18.7 Å². The van der Waals surface area contributed by atoms with Crippen LogP contribution in [0.5, 0.6) is 0 Å². The number of benzene rings is 1. The Labute approximate surface area is 142 Å². The molecule has 2 aromatic rings. The number of hydrogen-bond donors (Lipinski definition) is 2. The minimum atomic E-state index is -0.380. The Balaban J connectivity index is 2.46. The van der Waals surface area contributed by atoms with Gasteiger partial charge in [-0.3, -0.25) is 14.3 Å². The molecule has 1 aromatic carbocycles. The molecule has 0 spiro atoms. The lowest BCUT2D eigenvalue weighted by Gasteiger charge is -2.22. The van der Waals surface area contributed by atoms with Gasteiger partial charge < -0.3 is 10.6 Å². The number of nitrogens with zero attached hydrogens (tertiary/aromatic N) is 2. The van der Waals surface area contributed by atoms with E-state index >= 15 is 0 Å². The van der Waals surface area contributed by atoms with Gasteiger partial charge in [-0.25, -0.2) is 0 Å². The van der Waals surface area contributed by atoms with Gasteiger partial charge in [-0.2, -0.15) is 5.10 Å². The third-order valence-corrected chi connectivity index (χ3v) is 3.57. The number of hydrogen-bond acceptors (Lipinski definition) is 3. The molecule has 1 heterocycles. The largest absolute Gasteiger partial charge is 0.354 e. The molecule has 1 aromatic heterocycles. The van der Waals surface area contributed by atoms with Crippen molar-refractivity contribution in [3.63, 3.8) is 0 Å². The second-order valence-corrected chi connectivity index (χ2v) is 6.73. The molecular formula is C18H24N4O2. The van der Waals surface area contributed by atoms with Crippen LogP contribution in [0.1, 0.15) is 60.3 Å². The van der Waals surface area contributed by atoms with E-state index in [1.54, 1.807) is 4.68 Å². The first-order chi connectivity index (χ1) is 11.2. The molecule has 2 N–H and O–H groups in total. The smallest absolute Gasteiger partial charge is 0.271 e. The molecule has 0 radical (unpaired) electrons. The highest BCUT2D eigenvalue weighted by Gasteiger charge is 2.24. The number of carbonyl (C=O) groups excluding carboxylic acids is 2. The highest BCUT2D eigenvalue weighted by Crippen LogP contribution is 2.20. The van der Waals surface area contributed by atoms with Crippen LogP contribution in [0, 0.1) is 0 Å². The minimum Gasteiger partial charge on any atom is -0.354 e. The molecule has 2 amide bonds. The van der Waals surface area contributed by atoms with Crippen molar-refractivity contribution < 1.29 is 9.59 Å². The molecule has 0 aliphatic carbocycles. The van der Waals surface area contributed by atoms with Crippen LogP contribution in [0.4, 0.5) is 0 Å². The van der Waals surface area contributed by atoms with E-state index in [9.17, 15) is 9.59 Å². The minimum absolute atomic E-state index is 0.176. The van der Waals surface area contributed by atoms with Gasteiger partial charge in [0.05, 0.1) is 6.04 Å². The summed E-state index contributed by atoms with van der Waals surface area (Å²) < 4.78 is 1.60. The Bertz CT molecular complexity index is 729. The summed E-state index contributed by atoms with van der Waals surface area (Å²) >= 11 is 0. The van der Waals surface area contributed by atoms with Gasteiger partial charge in [0.15, 0.2) is 5.69 Å². The summed E-state index contributed by atoms with van der Waals surface area (Å²) in [6.07, 6.45) is 0. The van der Waals surface area contributed by atoms with Gasteiger partial charge in [0.2, 0.25) is 0 Å². The number of rotatable bonds is 4. The van der Waals surface area contributed by atoms with Crippen molar-refractivity contribution in [1.29, 1.82) is 0 Å². The van der Waals surface area contributed by atoms with Crippen molar-refractivity contribution in [2.45, 2.75) is 39.3 Å². The molecule has 0 fully saturated rings. The third-order valence-electron chi connectivity index (χ3n) is 3.57. The molecule has 6 heteroatoms. The van der Waals surface area contributed by atoms with Crippen molar-refractivity contribution in [1.82, 2.24) is 20.4 Å². The van der Waals surface area contributed by atoms with Crippen LogP contribution in [0.25, 0.3) is 0 Å². The average molecular weight is 328 g/mol. The van der Waals surface area contributed by atoms with Gasteiger partial charge in [0.25, 0.3) is 11.8 Å². The standard InChI is InChI=1S/C18H24N4O2/c1-12(13-9-7-6-8-10-13)22-15(17(24)20-18(2,3)4)11-14(21-22)16(23)19-5/h6-12H,1-5H3,(H,19,23)(H,20,24). The Morgan fingerprint density at radius 2 is 1.75 bits per heavy atom. The number of amides is 2. The van der Waals surface area contributed by atoms with E-state index < -0.39 is 0 Å². The van der Waals surface area contributed by atoms with Crippen molar-refractivity contribution in [2.24, 2.45) is 0 Å². The van der Waals surface area contributed by atoms with E-state index in [-0.39, 0.29) is 29.1 Å². The first kappa shape index (κ1) is 17.7. The molecule has 128 valence electrons. The molecular weight excluding hydrogens is 304 g/mol. The maximum Gasteiger partial charge on any atom is 0.271 e. The fourth-order valence-electron chi connectivity index (χ4n) is 2.38. The van der Waals surface area contributed by atoms with E-state index in [4.69, 9.17) is 0 Å². The fraction of sp³-hybridized carbons (Fsp3) is 0.389. The lowest BCUT2D eigenvalue weighted by molar-refractivity contribution is 0.0905. The van der Waals surface area contributed by atoms with E-state index in [0.717, 1.165) is 5.56 Å². The van der Waals surface area contributed by atoms with Crippen molar-refractivity contribution in [3.8, 4) is 0 Å². The zero-order valence-corrected chi connectivity index (χ0v) is 14.8. The van der Waals surface area contributed by atoms with Crippen LogP contribution in [-0.2, 0) is 0 Å². The van der Waals surface area contributed by atoms with Crippen LogP contribution in [0.2, 0.25) is 0 Å². The lowest BCUT2D eigenvalue weighted by atomic mass is 10.1. The van der Waals surface area contributed by atoms with Gasteiger partial charge in [-0.1, -0.05) is 30.3 Å². The predicted octanol–water partition coefficient (Wildman–Crippen LogP) is 2.38. The molecule has 0 aliphatic heterocycles. The topological polar surface area (TPSA) is 76.0 Å². The number of aromatic nitrogens is 2. The van der Waals surface area contributed by atoms with Crippen LogP contribution < -0.4 is 10.6 Å². The van der Waals surface area contributed by atoms with Gasteiger partial charge in [-0.15, -0.1) is 0 Å². The summed E-state index contributed by atoms with van der Waals surface area (Å²) in [7, 11) is 1.54. The maximum atomic E-state index is 12.6. The summed E-state index contributed by atoms with van der Waals surface area (Å²) in [5, 5.41) is 9.81. The lowest BCUT2D eigenvalue weighted by Crippen LogP contribution is -2.41. The fourth-order valence-corrected chi connectivity index (χ4v) is 2.38. The van der Waals surface area contributed by atoms with Crippen LogP contribution in [0.15, 0.2) is 36.4 Å². The normalized spacial score (nSPS) is 12.5. The monoisotopic (exact) mass is 328 g/mol. The van der Waals surface area contributed by atoms with E-state index in [1.165, 1.54) is 13.1 Å². The Hall–Kier alpha value is -2.63. The van der Waals surface area contributed by atoms with Gasteiger partial charge >= 0.3 is 0 Å². The van der Waals surface area contributed by atoms with Gasteiger partial charge in [0.1, 0.15) is 5.69 Å². The Morgan fingerprint density at radius 1 is 1.12 bits per heavy atom. The molecule has 0 saturated heterocycles. The van der Waals surface area contributed by atoms with Crippen molar-refractivity contribution in [2.75, 3.05) is 7.05 Å². The number of carbonyl (C=O) groups is 2. The van der Waals surface area contributed by atoms with Crippen molar-refractivity contribution in [3.05, 3.63) is 53.3 Å². The Morgan fingerprint density at radius 3 is 2.29 bits per heavy atom. The summed E-state index contributed by atoms with van der Waals surface area (Å²) in [6.45, 7) is 7.67. The molecule has 24 heavy (non-hydrogen) atoms. The molecule has 2 rings (SSSR count). The van der Waals surface area contributed by atoms with Gasteiger partial charge in [-0.05, 0) is 33.3 Å². The zero-order valence-electron chi connectivity index (χ0n) is 14.8. The zero-order chi connectivity index (χ0) is 17.9. The summed E-state index contributed by atoms with van der Waals surface area (Å²) in [4.78, 5) is 24.6.